The van der Waals surface area contributed by atoms with E-state index in [1.54, 1.807) is 36.4 Å². The lowest BCUT2D eigenvalue weighted by Crippen LogP contribution is -2.28. The maximum absolute atomic E-state index is 10.2. The van der Waals surface area contributed by atoms with E-state index in [1.807, 2.05) is 29.0 Å². The quantitative estimate of drug-likeness (QED) is 0.380. The number of tetrazole rings is 1. The largest absolute Gasteiger partial charge is 0.506 e. The summed E-state index contributed by atoms with van der Waals surface area (Å²) in [6.45, 7) is 2.60. The molecule has 156 valence electrons. The molecule has 4 rings (SSSR count). The zero-order chi connectivity index (χ0) is 20.8. The summed E-state index contributed by atoms with van der Waals surface area (Å²) >= 11 is 0. The topological polar surface area (TPSA) is 116 Å². The van der Waals surface area contributed by atoms with E-state index in [2.05, 4.69) is 25.8 Å². The van der Waals surface area contributed by atoms with Crippen LogP contribution in [0.15, 0.2) is 49.1 Å². The van der Waals surface area contributed by atoms with Gasteiger partial charge in [0.15, 0.2) is 5.82 Å². The Balaban J connectivity index is 1.60. The van der Waals surface area contributed by atoms with Crippen molar-refractivity contribution in [3.8, 4) is 5.75 Å². The molecule has 1 atom stereocenters. The minimum atomic E-state index is -0.330. The van der Waals surface area contributed by atoms with Gasteiger partial charge in [-0.1, -0.05) is 18.2 Å². The van der Waals surface area contributed by atoms with Crippen molar-refractivity contribution in [2.24, 2.45) is 0 Å². The first-order valence-corrected chi connectivity index (χ1v) is 9.79. The number of hydrogen-bond donors (Lipinski definition) is 2. The van der Waals surface area contributed by atoms with Gasteiger partial charge in [0.05, 0.1) is 25.2 Å². The van der Waals surface area contributed by atoms with Crippen LogP contribution in [0.3, 0.4) is 0 Å². The van der Waals surface area contributed by atoms with Crippen LogP contribution in [0.2, 0.25) is 0 Å². The van der Waals surface area contributed by atoms with Crippen LogP contribution in [-0.4, -0.2) is 60.1 Å². The molecule has 0 saturated carbocycles. The van der Waals surface area contributed by atoms with Gasteiger partial charge in [-0.3, -0.25) is 0 Å². The number of imidazole rings is 1. The van der Waals surface area contributed by atoms with Gasteiger partial charge < -0.3 is 19.7 Å². The maximum Gasteiger partial charge on any atom is 0.174 e. The number of phenols is 1. The molecule has 0 radical (unpaired) electrons. The number of benzene rings is 1. The summed E-state index contributed by atoms with van der Waals surface area (Å²) in [5, 5.41) is 26.8. The summed E-state index contributed by atoms with van der Waals surface area (Å²) < 4.78 is 8.92. The average Bonchev–Trinajstić information content (AvgIpc) is 3.45. The van der Waals surface area contributed by atoms with Gasteiger partial charge in [-0.15, -0.1) is 5.10 Å². The Morgan fingerprint density at radius 1 is 1.20 bits per heavy atom. The fourth-order valence-electron chi connectivity index (χ4n) is 3.32. The fraction of sp³-hybridized carbons (Fsp3) is 0.350. The van der Waals surface area contributed by atoms with Crippen LogP contribution in [0.5, 0.6) is 5.75 Å². The normalized spacial score (nSPS) is 12.4. The molecule has 0 aliphatic rings. The van der Waals surface area contributed by atoms with Gasteiger partial charge >= 0.3 is 0 Å². The minimum Gasteiger partial charge on any atom is -0.506 e. The van der Waals surface area contributed by atoms with Crippen molar-refractivity contribution in [1.82, 2.24) is 40.1 Å². The third-order valence-corrected chi connectivity index (χ3v) is 4.84. The van der Waals surface area contributed by atoms with Crippen LogP contribution in [0.4, 0.5) is 0 Å². The molecule has 2 N–H and O–H groups in total. The number of aromatic hydroxyl groups is 1. The number of pyridine rings is 1. The van der Waals surface area contributed by atoms with E-state index < -0.39 is 0 Å². The van der Waals surface area contributed by atoms with Crippen LogP contribution in [0, 0.1) is 0 Å². The smallest absolute Gasteiger partial charge is 0.174 e. The Morgan fingerprint density at radius 3 is 2.97 bits per heavy atom. The average molecular weight is 408 g/mol. The van der Waals surface area contributed by atoms with Gasteiger partial charge in [-0.25, -0.2) is 14.6 Å². The third kappa shape index (κ3) is 4.44. The minimum absolute atomic E-state index is 0.146. The number of hydrogen-bond acceptors (Lipinski definition) is 8. The Bertz CT molecular complexity index is 1080. The monoisotopic (exact) mass is 408 g/mol. The molecular weight excluding hydrogens is 384 g/mol. The molecule has 30 heavy (non-hydrogen) atoms. The lowest BCUT2D eigenvalue weighted by atomic mass is 10.1. The Hall–Kier alpha value is -3.37. The number of nitrogens with zero attached hydrogens (tertiary/aromatic N) is 7. The molecule has 3 aromatic heterocycles. The van der Waals surface area contributed by atoms with Crippen LogP contribution in [0.25, 0.3) is 10.9 Å². The Labute approximate surface area is 173 Å². The van der Waals surface area contributed by atoms with Crippen LogP contribution in [0.1, 0.15) is 24.0 Å². The number of rotatable bonds is 10. The van der Waals surface area contributed by atoms with E-state index in [9.17, 15) is 5.11 Å². The summed E-state index contributed by atoms with van der Waals surface area (Å²) in [5.41, 5.74) is 1.29. The van der Waals surface area contributed by atoms with Crippen molar-refractivity contribution < 1.29 is 9.84 Å². The number of methoxy groups -OCH3 is 1. The predicted molar refractivity (Wildman–Crippen MR) is 110 cm³/mol. The van der Waals surface area contributed by atoms with Gasteiger partial charge in [0.2, 0.25) is 0 Å². The van der Waals surface area contributed by atoms with E-state index in [0.29, 0.717) is 24.5 Å². The molecule has 0 fully saturated rings. The highest BCUT2D eigenvalue weighted by atomic mass is 16.5. The third-order valence-electron chi connectivity index (χ3n) is 4.84. The highest BCUT2D eigenvalue weighted by Crippen LogP contribution is 2.26. The number of nitrogens with one attached hydrogen (secondary N) is 1. The molecule has 0 spiro atoms. The number of phenolic OH excluding ortho intramolecular Hbond substituents is 1. The Morgan fingerprint density at radius 2 is 2.13 bits per heavy atom. The summed E-state index contributed by atoms with van der Waals surface area (Å²) in [5.74, 6) is 0.795. The number of fused-ring (bicyclic) bond motifs is 1. The van der Waals surface area contributed by atoms with Gasteiger partial charge in [-0.2, -0.15) is 0 Å². The molecular formula is C20H24N8O2. The van der Waals surface area contributed by atoms with Gasteiger partial charge in [0.1, 0.15) is 17.3 Å². The summed E-state index contributed by atoms with van der Waals surface area (Å²) in [6, 6.07) is 8.91. The highest BCUT2D eigenvalue weighted by molar-refractivity contribution is 5.84. The number of ether oxygens (including phenoxy) is 1. The lowest BCUT2D eigenvalue weighted by molar-refractivity contribution is 0.181. The SMILES string of the molecule is COCCn1nnnc1C(NCCCn1ccnc1)c1ccc2cccc(O)c2n1. The molecule has 0 bridgehead atoms. The second-order valence-electron chi connectivity index (χ2n) is 6.88. The van der Waals surface area contributed by atoms with Gasteiger partial charge in [0, 0.05) is 31.4 Å². The van der Waals surface area contributed by atoms with Crippen molar-refractivity contribution in [3.63, 3.8) is 0 Å². The van der Waals surface area contributed by atoms with E-state index >= 15 is 0 Å². The molecule has 3 heterocycles. The lowest BCUT2D eigenvalue weighted by Gasteiger charge is -2.18. The summed E-state index contributed by atoms with van der Waals surface area (Å²) in [7, 11) is 1.64. The van der Waals surface area contributed by atoms with Crippen molar-refractivity contribution in [3.05, 3.63) is 60.6 Å². The van der Waals surface area contributed by atoms with Gasteiger partial charge in [0.25, 0.3) is 0 Å². The molecule has 0 saturated heterocycles. The zero-order valence-corrected chi connectivity index (χ0v) is 16.7. The summed E-state index contributed by atoms with van der Waals surface area (Å²) in [6.07, 6.45) is 6.41. The first-order chi connectivity index (χ1) is 14.8. The van der Waals surface area contributed by atoms with Crippen molar-refractivity contribution in [1.29, 1.82) is 0 Å². The van der Waals surface area contributed by atoms with E-state index in [0.717, 1.165) is 30.6 Å². The van der Waals surface area contributed by atoms with Crippen molar-refractivity contribution in [2.75, 3.05) is 20.3 Å². The highest BCUT2D eigenvalue weighted by Gasteiger charge is 2.22. The standard InChI is InChI=1S/C20H24N8O2/c1-30-13-12-28-20(24-25-26-28)19(22-8-3-10-27-11-9-21-14-27)16-7-6-15-4-2-5-17(29)18(15)23-16/h2,4-7,9,11,14,19,22,29H,3,8,10,12-13H2,1H3. The van der Waals surface area contributed by atoms with Crippen molar-refractivity contribution >= 4 is 10.9 Å². The molecule has 0 aliphatic heterocycles. The first kappa shape index (κ1) is 19.9. The van der Waals surface area contributed by atoms with Gasteiger partial charge in [-0.05, 0) is 35.5 Å². The Kier molecular flexibility index (Phi) is 6.26. The zero-order valence-electron chi connectivity index (χ0n) is 16.7. The molecule has 0 amide bonds. The van der Waals surface area contributed by atoms with Crippen LogP contribution < -0.4 is 5.32 Å². The summed E-state index contributed by atoms with van der Waals surface area (Å²) in [4.78, 5) is 8.78. The fourth-order valence-corrected chi connectivity index (χ4v) is 3.32. The van der Waals surface area contributed by atoms with Crippen molar-refractivity contribution in [2.45, 2.75) is 25.6 Å². The molecule has 10 nitrogen and oxygen atoms in total. The molecule has 0 aliphatic carbocycles. The molecule has 1 aromatic carbocycles. The number of aromatic nitrogens is 7. The molecule has 1 unspecified atom stereocenters. The molecule has 4 aromatic rings. The van der Waals surface area contributed by atoms with E-state index in [-0.39, 0.29) is 11.8 Å². The predicted octanol–water partition coefficient (Wildman–Crippen LogP) is 1.54. The number of para-hydroxylation sites is 1. The van der Waals surface area contributed by atoms with Crippen LogP contribution in [-0.2, 0) is 17.8 Å². The molecule has 10 heteroatoms. The second-order valence-corrected chi connectivity index (χ2v) is 6.88. The first-order valence-electron chi connectivity index (χ1n) is 9.79. The van der Waals surface area contributed by atoms with E-state index in [4.69, 9.17) is 9.72 Å². The second kappa shape index (κ2) is 9.42. The van der Waals surface area contributed by atoms with E-state index in [1.165, 1.54) is 0 Å². The van der Waals surface area contributed by atoms with Crippen LogP contribution >= 0.6 is 0 Å². The number of aryl methyl sites for hydroxylation is 1. The maximum atomic E-state index is 10.2.